The molecule has 1 N–H and O–H groups in total. The first-order chi connectivity index (χ1) is 10.9. The maximum atomic E-state index is 12.2. The first-order valence-corrected chi connectivity index (χ1v) is 9.33. The number of thiophene rings is 1. The van der Waals surface area contributed by atoms with Crippen molar-refractivity contribution in [3.05, 3.63) is 58.2 Å². The zero-order chi connectivity index (χ0) is 16.4. The zero-order valence-electron chi connectivity index (χ0n) is 12.1. The maximum absolute atomic E-state index is 12.2. The van der Waals surface area contributed by atoms with Gasteiger partial charge < -0.3 is 0 Å². The van der Waals surface area contributed by atoms with Crippen LogP contribution in [0.5, 0.6) is 0 Å². The van der Waals surface area contributed by atoms with Crippen LogP contribution in [0.25, 0.3) is 0 Å². The summed E-state index contributed by atoms with van der Waals surface area (Å²) in [6.45, 7) is 2.53. The van der Waals surface area contributed by atoms with Gasteiger partial charge in [-0.2, -0.15) is 4.98 Å². The molecular formula is C14H13ClN4O2S2. The van der Waals surface area contributed by atoms with Gasteiger partial charge in [0.25, 0.3) is 16.0 Å². The van der Waals surface area contributed by atoms with Crippen LogP contribution in [-0.4, -0.2) is 23.2 Å². The predicted octanol–water partition coefficient (Wildman–Crippen LogP) is 3.15. The smallest absolute Gasteiger partial charge is 0.246 e. The molecule has 2 heterocycles. The minimum Gasteiger partial charge on any atom is -0.246 e. The molecule has 0 fully saturated rings. The molecule has 120 valence electrons. The third-order valence-corrected chi connectivity index (χ3v) is 6.05. The third kappa shape index (κ3) is 3.90. The van der Waals surface area contributed by atoms with Gasteiger partial charge in [0.2, 0.25) is 0 Å². The fourth-order valence-electron chi connectivity index (χ4n) is 2.03. The molecule has 0 radical (unpaired) electrons. The van der Waals surface area contributed by atoms with Crippen LogP contribution in [0.2, 0.25) is 4.34 Å². The van der Waals surface area contributed by atoms with Crippen molar-refractivity contribution in [3.8, 4) is 0 Å². The second kappa shape index (κ2) is 6.31. The van der Waals surface area contributed by atoms with Gasteiger partial charge in [0.15, 0.2) is 0 Å². The number of aromatic nitrogens is 3. The van der Waals surface area contributed by atoms with Crippen LogP contribution in [0.1, 0.15) is 11.1 Å². The lowest BCUT2D eigenvalue weighted by Crippen LogP contribution is -2.13. The summed E-state index contributed by atoms with van der Waals surface area (Å²) >= 11 is 6.75. The molecule has 1 aromatic carbocycles. The highest BCUT2D eigenvalue weighted by Gasteiger charge is 2.18. The number of benzene rings is 1. The molecule has 0 saturated heterocycles. The second-order valence-electron chi connectivity index (χ2n) is 4.92. The lowest BCUT2D eigenvalue weighted by atomic mass is 10.1. The Morgan fingerprint density at radius 3 is 2.83 bits per heavy atom. The summed E-state index contributed by atoms with van der Waals surface area (Å²) in [6.07, 6.45) is 1.49. The van der Waals surface area contributed by atoms with E-state index in [-0.39, 0.29) is 10.2 Å². The van der Waals surface area contributed by atoms with E-state index in [9.17, 15) is 8.42 Å². The van der Waals surface area contributed by atoms with E-state index >= 15 is 0 Å². The summed E-state index contributed by atoms with van der Waals surface area (Å²) in [4.78, 5) is 3.99. The molecule has 0 unspecified atom stereocenters. The number of aryl methyl sites for hydroxylation is 1. The highest BCUT2D eigenvalue weighted by atomic mass is 35.5. The van der Waals surface area contributed by atoms with Crippen molar-refractivity contribution in [2.24, 2.45) is 0 Å². The number of anilines is 1. The number of halogens is 1. The van der Waals surface area contributed by atoms with E-state index in [0.29, 0.717) is 10.9 Å². The van der Waals surface area contributed by atoms with Gasteiger partial charge >= 0.3 is 0 Å². The minimum absolute atomic E-state index is 0.0298. The van der Waals surface area contributed by atoms with Crippen molar-refractivity contribution >= 4 is 38.9 Å². The van der Waals surface area contributed by atoms with Gasteiger partial charge in [-0.15, -0.1) is 16.4 Å². The Bertz CT molecular complexity index is 934. The zero-order valence-corrected chi connectivity index (χ0v) is 14.5. The minimum atomic E-state index is -3.71. The molecule has 0 aliphatic heterocycles. The average Bonchev–Trinajstić information content (AvgIpc) is 3.08. The fourth-order valence-corrected chi connectivity index (χ4v) is 4.46. The van der Waals surface area contributed by atoms with E-state index in [4.69, 9.17) is 11.6 Å². The molecule has 0 atom stereocenters. The first kappa shape index (κ1) is 16.0. The summed E-state index contributed by atoms with van der Waals surface area (Å²) in [6, 6.07) is 11.0. The monoisotopic (exact) mass is 368 g/mol. The molecule has 0 bridgehead atoms. The van der Waals surface area contributed by atoms with Crippen molar-refractivity contribution in [1.82, 2.24) is 14.8 Å². The molecule has 0 saturated carbocycles. The van der Waals surface area contributed by atoms with Crippen molar-refractivity contribution in [1.29, 1.82) is 0 Å². The fraction of sp³-hybridized carbons (Fsp3) is 0.143. The number of nitrogens with one attached hydrogen (secondary N) is 1. The lowest BCUT2D eigenvalue weighted by molar-refractivity contribution is 0.602. The normalized spacial score (nSPS) is 11.6. The number of sulfonamides is 1. The second-order valence-corrected chi connectivity index (χ2v) is 8.54. The summed E-state index contributed by atoms with van der Waals surface area (Å²) in [5.41, 5.74) is 2.22. The van der Waals surface area contributed by atoms with E-state index in [1.54, 1.807) is 4.68 Å². The third-order valence-electron chi connectivity index (χ3n) is 3.00. The van der Waals surface area contributed by atoms with E-state index in [1.807, 2.05) is 31.2 Å². The van der Waals surface area contributed by atoms with Gasteiger partial charge in [-0.3, -0.25) is 0 Å². The Morgan fingerprint density at radius 2 is 2.13 bits per heavy atom. The van der Waals surface area contributed by atoms with Crippen LogP contribution in [-0.2, 0) is 16.6 Å². The molecule has 9 heteroatoms. The van der Waals surface area contributed by atoms with Crippen LogP contribution in [0.3, 0.4) is 0 Å². The highest BCUT2D eigenvalue weighted by Crippen LogP contribution is 2.26. The van der Waals surface area contributed by atoms with E-state index in [0.717, 1.165) is 22.5 Å². The van der Waals surface area contributed by atoms with Crippen molar-refractivity contribution in [2.45, 2.75) is 17.7 Å². The molecule has 2 aromatic heterocycles. The van der Waals surface area contributed by atoms with Gasteiger partial charge in [-0.1, -0.05) is 41.4 Å². The van der Waals surface area contributed by atoms with Gasteiger partial charge in [0, 0.05) is 0 Å². The topological polar surface area (TPSA) is 76.9 Å². The maximum Gasteiger partial charge on any atom is 0.273 e. The molecule has 0 amide bonds. The van der Waals surface area contributed by atoms with Crippen LogP contribution in [0, 0.1) is 6.92 Å². The van der Waals surface area contributed by atoms with Crippen LogP contribution in [0.15, 0.2) is 46.9 Å². The molecular weight excluding hydrogens is 356 g/mol. The highest BCUT2D eigenvalue weighted by molar-refractivity contribution is 7.94. The van der Waals surface area contributed by atoms with Gasteiger partial charge in [-0.05, 0) is 24.6 Å². The van der Waals surface area contributed by atoms with Gasteiger partial charge in [0.1, 0.15) is 10.5 Å². The molecule has 23 heavy (non-hydrogen) atoms. The van der Waals surface area contributed by atoms with Crippen LogP contribution >= 0.6 is 22.9 Å². The molecule has 0 spiro atoms. The van der Waals surface area contributed by atoms with Crippen molar-refractivity contribution in [3.63, 3.8) is 0 Å². The Labute approximate surface area is 142 Å². The number of rotatable bonds is 5. The number of hydrogen-bond donors (Lipinski definition) is 1. The van der Waals surface area contributed by atoms with E-state index in [1.165, 1.54) is 18.5 Å². The summed E-state index contributed by atoms with van der Waals surface area (Å²) in [7, 11) is -3.71. The molecule has 0 aliphatic rings. The Morgan fingerprint density at radius 1 is 1.30 bits per heavy atom. The SMILES string of the molecule is Cc1cccc(Cn2cnc(NS(=O)(=O)c3ccc(Cl)s3)n2)c1. The van der Waals surface area contributed by atoms with Crippen molar-refractivity contribution in [2.75, 3.05) is 4.72 Å². The Balaban J connectivity index is 1.74. The standard InChI is InChI=1S/C14H13ClN4O2S2/c1-10-3-2-4-11(7-10)8-19-9-16-14(17-19)18-23(20,21)13-6-5-12(15)22-13/h2-7,9H,8H2,1H3,(H,17,18). The first-order valence-electron chi connectivity index (χ1n) is 6.65. The molecule has 3 aromatic rings. The quantitative estimate of drug-likeness (QED) is 0.750. The molecule has 0 aliphatic carbocycles. The number of hydrogen-bond acceptors (Lipinski definition) is 5. The average molecular weight is 369 g/mol. The van der Waals surface area contributed by atoms with E-state index in [2.05, 4.69) is 14.8 Å². The largest absolute Gasteiger partial charge is 0.273 e. The Hall–Kier alpha value is -1.90. The van der Waals surface area contributed by atoms with Crippen LogP contribution < -0.4 is 4.72 Å². The Kier molecular flexibility index (Phi) is 4.38. The van der Waals surface area contributed by atoms with Gasteiger partial charge in [0.05, 0.1) is 10.9 Å². The molecule has 3 rings (SSSR count). The lowest BCUT2D eigenvalue weighted by Gasteiger charge is -2.03. The predicted molar refractivity (Wildman–Crippen MR) is 90.4 cm³/mol. The molecule has 6 nitrogen and oxygen atoms in total. The summed E-state index contributed by atoms with van der Waals surface area (Å²) < 4.78 is 28.8. The van der Waals surface area contributed by atoms with Gasteiger partial charge in [-0.25, -0.2) is 17.8 Å². The van der Waals surface area contributed by atoms with Crippen LogP contribution in [0.4, 0.5) is 5.95 Å². The van der Waals surface area contributed by atoms with E-state index < -0.39 is 10.0 Å². The number of nitrogens with zero attached hydrogens (tertiary/aromatic N) is 3. The summed E-state index contributed by atoms with van der Waals surface area (Å²) in [5.74, 6) is 0.0298. The summed E-state index contributed by atoms with van der Waals surface area (Å²) in [5, 5.41) is 4.14. The van der Waals surface area contributed by atoms with Crippen molar-refractivity contribution < 1.29 is 8.42 Å².